The molecule has 0 saturated heterocycles. The maximum Gasteiger partial charge on any atom is 0.261 e. The van der Waals surface area contributed by atoms with E-state index in [0.29, 0.717) is 18.0 Å². The average molecular weight is 387 g/mol. The number of rotatable bonds is 8. The van der Waals surface area contributed by atoms with Gasteiger partial charge in [-0.05, 0) is 55.0 Å². The van der Waals surface area contributed by atoms with Crippen LogP contribution in [0.1, 0.15) is 36.5 Å². The molecule has 0 aliphatic rings. The highest BCUT2D eigenvalue weighted by Gasteiger charge is 2.14. The minimum absolute atomic E-state index is 0.227. The fraction of sp³-hybridized carbons (Fsp3) is 0.350. The van der Waals surface area contributed by atoms with Crippen molar-refractivity contribution in [2.24, 2.45) is 0 Å². The lowest BCUT2D eigenvalue weighted by Crippen LogP contribution is -2.35. The number of unbranched alkanes of at least 4 members (excludes halogenated alkanes) is 2. The molecule has 0 unspecified atom stereocenters. The largest absolute Gasteiger partial charge is 0.494 e. The molecule has 7 heteroatoms. The maximum absolute atomic E-state index is 12.5. The monoisotopic (exact) mass is 386 g/mol. The summed E-state index contributed by atoms with van der Waals surface area (Å²) in [6.07, 6.45) is 5.04. The van der Waals surface area contributed by atoms with Gasteiger partial charge >= 0.3 is 0 Å². The summed E-state index contributed by atoms with van der Waals surface area (Å²) in [5, 5.41) is 5.92. The van der Waals surface area contributed by atoms with Crippen LogP contribution in [0.5, 0.6) is 5.75 Å². The molecule has 2 rings (SSSR count). The van der Waals surface area contributed by atoms with Crippen LogP contribution in [-0.4, -0.2) is 36.7 Å². The number of amides is 1. The van der Waals surface area contributed by atoms with E-state index in [4.69, 9.17) is 17.0 Å². The quantitative estimate of drug-likeness (QED) is 0.531. The van der Waals surface area contributed by atoms with Crippen molar-refractivity contribution in [3.8, 4) is 5.75 Å². The number of thiocarbonyl (C=S) groups is 1. The molecule has 0 saturated carbocycles. The summed E-state index contributed by atoms with van der Waals surface area (Å²) in [4.78, 5) is 18.5. The Morgan fingerprint density at radius 2 is 1.93 bits per heavy atom. The number of carbonyl (C=O) groups is 1. The van der Waals surface area contributed by atoms with Gasteiger partial charge in [-0.1, -0.05) is 19.8 Å². The van der Waals surface area contributed by atoms with E-state index < -0.39 is 0 Å². The van der Waals surface area contributed by atoms with Crippen LogP contribution in [0.4, 0.5) is 11.5 Å². The zero-order valence-electron chi connectivity index (χ0n) is 16.0. The Bertz CT molecular complexity index is 763. The first kappa shape index (κ1) is 20.6. The fourth-order valence-electron chi connectivity index (χ4n) is 2.44. The Morgan fingerprint density at radius 1 is 1.19 bits per heavy atom. The van der Waals surface area contributed by atoms with Crippen LogP contribution in [-0.2, 0) is 0 Å². The smallest absolute Gasteiger partial charge is 0.261 e. The topological polar surface area (TPSA) is 66.5 Å². The first-order valence-corrected chi connectivity index (χ1v) is 9.39. The number of nitrogens with zero attached hydrogens (tertiary/aromatic N) is 2. The van der Waals surface area contributed by atoms with Crippen molar-refractivity contribution < 1.29 is 9.53 Å². The van der Waals surface area contributed by atoms with Gasteiger partial charge in [0.15, 0.2) is 5.11 Å². The van der Waals surface area contributed by atoms with Crippen LogP contribution in [0.3, 0.4) is 0 Å². The number of pyridine rings is 1. The third kappa shape index (κ3) is 6.53. The van der Waals surface area contributed by atoms with Crippen molar-refractivity contribution in [1.82, 2.24) is 10.3 Å². The average Bonchev–Trinajstić information content (AvgIpc) is 2.66. The molecule has 0 radical (unpaired) electrons. The second-order valence-electron chi connectivity index (χ2n) is 6.26. The molecule has 1 aromatic carbocycles. The van der Waals surface area contributed by atoms with Crippen LogP contribution in [0.25, 0.3) is 0 Å². The number of anilines is 2. The number of nitrogens with one attached hydrogen (secondary N) is 2. The van der Waals surface area contributed by atoms with E-state index in [1.807, 2.05) is 38.4 Å². The second kappa shape index (κ2) is 10.5. The van der Waals surface area contributed by atoms with Crippen molar-refractivity contribution in [3.05, 3.63) is 48.2 Å². The van der Waals surface area contributed by atoms with Gasteiger partial charge in [-0.25, -0.2) is 4.98 Å². The van der Waals surface area contributed by atoms with Crippen molar-refractivity contribution >= 4 is 34.7 Å². The predicted molar refractivity (Wildman–Crippen MR) is 114 cm³/mol. The summed E-state index contributed by atoms with van der Waals surface area (Å²) in [7, 11) is 3.67. The molecule has 6 nitrogen and oxygen atoms in total. The maximum atomic E-state index is 12.5. The molecule has 2 N–H and O–H groups in total. The molecule has 0 bridgehead atoms. The Kier molecular flexibility index (Phi) is 8.00. The highest BCUT2D eigenvalue weighted by Crippen LogP contribution is 2.17. The molecule has 0 aliphatic heterocycles. The van der Waals surface area contributed by atoms with Crippen LogP contribution >= 0.6 is 12.2 Å². The van der Waals surface area contributed by atoms with Gasteiger partial charge in [0.1, 0.15) is 11.6 Å². The van der Waals surface area contributed by atoms with Gasteiger partial charge in [0.25, 0.3) is 5.91 Å². The van der Waals surface area contributed by atoms with Crippen molar-refractivity contribution in [1.29, 1.82) is 0 Å². The zero-order valence-corrected chi connectivity index (χ0v) is 16.8. The van der Waals surface area contributed by atoms with Gasteiger partial charge < -0.3 is 15.0 Å². The van der Waals surface area contributed by atoms with E-state index in [9.17, 15) is 4.79 Å². The first-order valence-electron chi connectivity index (χ1n) is 8.98. The summed E-state index contributed by atoms with van der Waals surface area (Å²) in [6, 6.07) is 10.9. The minimum Gasteiger partial charge on any atom is -0.494 e. The van der Waals surface area contributed by atoms with Gasteiger partial charge in [-0.2, -0.15) is 0 Å². The Balaban J connectivity index is 1.89. The summed E-state index contributed by atoms with van der Waals surface area (Å²) in [6.45, 7) is 2.88. The molecule has 0 spiro atoms. The molecule has 0 aliphatic carbocycles. The number of carbonyl (C=O) groups excluding carboxylic acids is 1. The molecular formula is C20H26N4O2S. The van der Waals surface area contributed by atoms with Crippen LogP contribution < -0.4 is 20.3 Å². The Hall–Kier alpha value is -2.67. The van der Waals surface area contributed by atoms with Crippen molar-refractivity contribution in [3.63, 3.8) is 0 Å². The SMILES string of the molecule is CCCCCOc1ccc(NC(=S)NC(=O)c2cccnc2N(C)C)cc1. The second-order valence-corrected chi connectivity index (χ2v) is 6.67. The molecular weight excluding hydrogens is 360 g/mol. The van der Waals surface area contributed by atoms with Crippen molar-refractivity contribution in [2.45, 2.75) is 26.2 Å². The molecule has 0 fully saturated rings. The highest BCUT2D eigenvalue weighted by molar-refractivity contribution is 7.80. The lowest BCUT2D eigenvalue weighted by Gasteiger charge is -2.16. The highest BCUT2D eigenvalue weighted by atomic mass is 32.1. The fourth-order valence-corrected chi connectivity index (χ4v) is 2.65. The van der Waals surface area contributed by atoms with Gasteiger partial charge in [0, 0.05) is 26.0 Å². The molecule has 0 atom stereocenters. The molecule has 1 aromatic heterocycles. The molecule has 1 amide bonds. The van der Waals surface area contributed by atoms with Gasteiger partial charge in [0.2, 0.25) is 0 Å². The number of hydrogen-bond donors (Lipinski definition) is 2. The van der Waals surface area contributed by atoms with Crippen LogP contribution in [0.2, 0.25) is 0 Å². The first-order chi connectivity index (χ1) is 13.0. The third-order valence-electron chi connectivity index (χ3n) is 3.81. The van der Waals surface area contributed by atoms with Gasteiger partial charge in [-0.15, -0.1) is 0 Å². The molecule has 2 aromatic rings. The zero-order chi connectivity index (χ0) is 19.6. The minimum atomic E-state index is -0.305. The Labute approximate surface area is 165 Å². The van der Waals surface area contributed by atoms with E-state index in [0.717, 1.165) is 17.9 Å². The van der Waals surface area contributed by atoms with E-state index in [-0.39, 0.29) is 11.0 Å². The lowest BCUT2D eigenvalue weighted by atomic mass is 10.2. The van der Waals surface area contributed by atoms with Crippen LogP contribution in [0, 0.1) is 0 Å². The summed E-state index contributed by atoms with van der Waals surface area (Å²) in [5.74, 6) is 1.10. The normalized spacial score (nSPS) is 10.2. The number of benzene rings is 1. The summed E-state index contributed by atoms with van der Waals surface area (Å²) >= 11 is 5.24. The Morgan fingerprint density at radius 3 is 2.59 bits per heavy atom. The standard InChI is InChI=1S/C20H26N4O2S/c1-4-5-6-14-26-16-11-9-15(10-12-16)22-20(27)23-19(25)17-8-7-13-21-18(17)24(2)3/h7-13H,4-6,14H2,1-3H3,(H2,22,23,25,27). The van der Waals surface area contributed by atoms with Crippen molar-refractivity contribution in [2.75, 3.05) is 30.9 Å². The molecule has 1 heterocycles. The van der Waals surface area contributed by atoms with E-state index >= 15 is 0 Å². The third-order valence-corrected chi connectivity index (χ3v) is 4.01. The van der Waals surface area contributed by atoms with Gasteiger partial charge in [0.05, 0.1) is 12.2 Å². The molecule has 144 valence electrons. The lowest BCUT2D eigenvalue weighted by molar-refractivity contribution is 0.0978. The number of hydrogen-bond acceptors (Lipinski definition) is 5. The van der Waals surface area contributed by atoms with E-state index in [1.165, 1.54) is 12.8 Å². The number of ether oxygens (including phenoxy) is 1. The van der Waals surface area contributed by atoms with Gasteiger partial charge in [-0.3, -0.25) is 10.1 Å². The molecule has 27 heavy (non-hydrogen) atoms. The van der Waals surface area contributed by atoms with Crippen LogP contribution in [0.15, 0.2) is 42.6 Å². The predicted octanol–water partition coefficient (Wildman–Crippen LogP) is 3.84. The van der Waals surface area contributed by atoms with E-state index in [2.05, 4.69) is 22.5 Å². The summed E-state index contributed by atoms with van der Waals surface area (Å²) in [5.41, 5.74) is 1.24. The summed E-state index contributed by atoms with van der Waals surface area (Å²) < 4.78 is 5.68. The van der Waals surface area contributed by atoms with E-state index in [1.54, 1.807) is 23.2 Å². The number of aromatic nitrogens is 1.